The number of anilines is 1. The summed E-state index contributed by atoms with van der Waals surface area (Å²) >= 11 is 0. The number of halogens is 2. The summed E-state index contributed by atoms with van der Waals surface area (Å²) in [5.41, 5.74) is 1.42. The van der Waals surface area contributed by atoms with Gasteiger partial charge in [0.1, 0.15) is 17.4 Å². The van der Waals surface area contributed by atoms with Crippen LogP contribution >= 0.6 is 0 Å². The van der Waals surface area contributed by atoms with Crippen molar-refractivity contribution in [3.8, 4) is 5.75 Å². The number of rotatable bonds is 5. The molecule has 1 aliphatic rings. The Morgan fingerprint density at radius 3 is 2.70 bits per heavy atom. The van der Waals surface area contributed by atoms with Crippen LogP contribution in [0.15, 0.2) is 30.5 Å². The van der Waals surface area contributed by atoms with Gasteiger partial charge in [0.05, 0.1) is 18.0 Å². The third-order valence-corrected chi connectivity index (χ3v) is 5.09. The van der Waals surface area contributed by atoms with Crippen molar-refractivity contribution < 1.29 is 18.3 Å². The molecule has 0 bridgehead atoms. The quantitative estimate of drug-likeness (QED) is 0.635. The number of ether oxygens (including phenoxy) is 1. The van der Waals surface area contributed by atoms with Crippen molar-refractivity contribution in [2.75, 3.05) is 31.1 Å². The molecule has 8 nitrogen and oxygen atoms in total. The van der Waals surface area contributed by atoms with Gasteiger partial charge in [0.15, 0.2) is 5.65 Å². The highest BCUT2D eigenvalue weighted by Gasteiger charge is 2.24. The van der Waals surface area contributed by atoms with Crippen molar-refractivity contribution in [1.29, 1.82) is 0 Å². The molecule has 2 aromatic heterocycles. The summed E-state index contributed by atoms with van der Waals surface area (Å²) in [5, 5.41) is 5.16. The van der Waals surface area contributed by atoms with E-state index in [2.05, 4.69) is 24.7 Å². The smallest absolute Gasteiger partial charge is 0.387 e. The van der Waals surface area contributed by atoms with E-state index in [1.54, 1.807) is 27.9 Å². The first kappa shape index (κ1) is 20.0. The lowest BCUT2D eigenvalue weighted by Crippen LogP contribution is -2.49. The van der Waals surface area contributed by atoms with Crippen LogP contribution in [-0.2, 0) is 18.3 Å². The number of aromatic nitrogens is 4. The molecule has 3 aromatic rings. The topological polar surface area (TPSA) is 76.4 Å². The first-order valence-electron chi connectivity index (χ1n) is 9.63. The van der Waals surface area contributed by atoms with Crippen LogP contribution in [0.5, 0.6) is 5.75 Å². The molecule has 30 heavy (non-hydrogen) atoms. The number of benzene rings is 1. The Morgan fingerprint density at radius 1 is 1.20 bits per heavy atom. The van der Waals surface area contributed by atoms with Crippen LogP contribution in [0.1, 0.15) is 11.4 Å². The van der Waals surface area contributed by atoms with E-state index in [-0.39, 0.29) is 18.1 Å². The van der Waals surface area contributed by atoms with Gasteiger partial charge in [-0.1, -0.05) is 12.1 Å². The molecule has 1 amide bonds. The molecule has 0 N–H and O–H groups in total. The Hall–Kier alpha value is -3.30. The second-order valence-corrected chi connectivity index (χ2v) is 7.17. The average molecular weight is 416 g/mol. The van der Waals surface area contributed by atoms with Gasteiger partial charge in [-0.05, 0) is 24.6 Å². The van der Waals surface area contributed by atoms with Crippen molar-refractivity contribution >= 4 is 22.8 Å². The lowest BCUT2D eigenvalue weighted by molar-refractivity contribution is -0.130. The first-order chi connectivity index (χ1) is 14.4. The summed E-state index contributed by atoms with van der Waals surface area (Å²) in [6.45, 7) is 1.34. The summed E-state index contributed by atoms with van der Waals surface area (Å²) in [6, 6.07) is 6.26. The van der Waals surface area contributed by atoms with Gasteiger partial charge in [0.25, 0.3) is 0 Å². The molecular weight excluding hydrogens is 394 g/mol. The zero-order chi connectivity index (χ0) is 21.3. The third kappa shape index (κ3) is 4.17. The van der Waals surface area contributed by atoms with Gasteiger partial charge in [-0.15, -0.1) is 0 Å². The predicted octanol–water partition coefficient (Wildman–Crippen LogP) is 2.16. The molecule has 4 rings (SSSR count). The zero-order valence-electron chi connectivity index (χ0n) is 16.8. The number of hydrogen-bond acceptors (Lipinski definition) is 6. The van der Waals surface area contributed by atoms with Gasteiger partial charge in [0, 0.05) is 33.2 Å². The maximum Gasteiger partial charge on any atom is 0.387 e. The molecule has 1 aromatic carbocycles. The highest BCUT2D eigenvalue weighted by Crippen LogP contribution is 2.24. The van der Waals surface area contributed by atoms with Crippen molar-refractivity contribution in [3.63, 3.8) is 0 Å². The second kappa shape index (κ2) is 8.21. The second-order valence-electron chi connectivity index (χ2n) is 7.17. The molecule has 0 radical (unpaired) electrons. The molecule has 0 aliphatic carbocycles. The number of piperazine rings is 1. The molecule has 0 unspecified atom stereocenters. The van der Waals surface area contributed by atoms with Crippen LogP contribution < -0.4 is 9.64 Å². The zero-order valence-corrected chi connectivity index (χ0v) is 16.8. The highest BCUT2D eigenvalue weighted by atomic mass is 19.3. The number of nitrogens with zero attached hydrogens (tertiary/aromatic N) is 6. The Labute approximate surface area is 172 Å². The molecule has 3 heterocycles. The van der Waals surface area contributed by atoms with E-state index in [1.165, 1.54) is 12.1 Å². The van der Waals surface area contributed by atoms with Gasteiger partial charge in [-0.25, -0.2) is 9.97 Å². The van der Waals surface area contributed by atoms with Gasteiger partial charge in [-0.2, -0.15) is 13.9 Å². The number of amides is 1. The Bertz CT molecular complexity index is 1060. The summed E-state index contributed by atoms with van der Waals surface area (Å²) in [7, 11) is 1.84. The van der Waals surface area contributed by atoms with Gasteiger partial charge < -0.3 is 14.5 Å². The van der Waals surface area contributed by atoms with Crippen LogP contribution in [0, 0.1) is 6.92 Å². The molecule has 1 fully saturated rings. The number of hydrogen-bond donors (Lipinski definition) is 0. The normalized spacial score (nSPS) is 14.6. The molecule has 0 atom stereocenters. The van der Waals surface area contributed by atoms with E-state index in [1.807, 2.05) is 14.0 Å². The number of fused-ring (bicyclic) bond motifs is 1. The van der Waals surface area contributed by atoms with E-state index >= 15 is 0 Å². The maximum atomic E-state index is 12.7. The first-order valence-corrected chi connectivity index (χ1v) is 9.63. The summed E-state index contributed by atoms with van der Waals surface area (Å²) in [4.78, 5) is 25.7. The molecule has 1 aliphatic heterocycles. The van der Waals surface area contributed by atoms with Crippen molar-refractivity contribution in [3.05, 3.63) is 41.9 Å². The maximum absolute atomic E-state index is 12.7. The van der Waals surface area contributed by atoms with E-state index in [4.69, 9.17) is 0 Å². The van der Waals surface area contributed by atoms with Crippen molar-refractivity contribution in [2.45, 2.75) is 20.0 Å². The fraction of sp³-hybridized carbons (Fsp3) is 0.400. The Morgan fingerprint density at radius 2 is 1.97 bits per heavy atom. The summed E-state index contributed by atoms with van der Waals surface area (Å²) < 4.78 is 30.9. The van der Waals surface area contributed by atoms with Crippen LogP contribution in [0.4, 0.5) is 14.6 Å². The fourth-order valence-corrected chi connectivity index (χ4v) is 3.64. The molecule has 0 saturated carbocycles. The number of alkyl halides is 2. The number of carbonyl (C=O) groups is 1. The minimum Gasteiger partial charge on any atom is -0.435 e. The van der Waals surface area contributed by atoms with Gasteiger partial charge >= 0.3 is 6.61 Å². The summed E-state index contributed by atoms with van der Waals surface area (Å²) in [6.07, 6.45) is 1.90. The van der Waals surface area contributed by atoms with Crippen molar-refractivity contribution in [2.24, 2.45) is 7.05 Å². The molecule has 1 saturated heterocycles. The largest absolute Gasteiger partial charge is 0.435 e. The number of aryl methyl sites for hydroxylation is 2. The molecule has 158 valence electrons. The molecular formula is C20H22F2N6O2. The van der Waals surface area contributed by atoms with E-state index in [9.17, 15) is 13.6 Å². The standard InChI is InChI=1S/C20H22F2N6O2/c1-13-24-18-16(12-23-26(18)2)19(25-13)28-8-6-27(7-9-28)17(29)11-14-4-3-5-15(10-14)30-20(21)22/h3-5,10,12,20H,6-9,11H2,1-2H3. The van der Waals surface area contributed by atoms with E-state index < -0.39 is 6.61 Å². The SMILES string of the molecule is Cc1nc(N2CCN(C(=O)Cc3cccc(OC(F)F)c3)CC2)c2cnn(C)c2n1. The fourth-order valence-electron chi connectivity index (χ4n) is 3.64. The van der Waals surface area contributed by atoms with Crippen molar-refractivity contribution in [1.82, 2.24) is 24.6 Å². The van der Waals surface area contributed by atoms with Gasteiger partial charge in [0.2, 0.25) is 5.91 Å². The third-order valence-electron chi connectivity index (χ3n) is 5.09. The molecule has 0 spiro atoms. The van der Waals surface area contributed by atoms with Crippen LogP contribution in [0.3, 0.4) is 0 Å². The Balaban J connectivity index is 1.41. The molecule has 10 heteroatoms. The Kier molecular flexibility index (Phi) is 5.47. The highest BCUT2D eigenvalue weighted by molar-refractivity contribution is 5.87. The van der Waals surface area contributed by atoms with Crippen LogP contribution in [0.25, 0.3) is 11.0 Å². The lowest BCUT2D eigenvalue weighted by Gasteiger charge is -2.35. The predicted molar refractivity (Wildman–Crippen MR) is 107 cm³/mol. The van der Waals surface area contributed by atoms with E-state index in [0.29, 0.717) is 37.6 Å². The van der Waals surface area contributed by atoms with E-state index in [0.717, 1.165) is 16.9 Å². The summed E-state index contributed by atoms with van der Waals surface area (Å²) in [5.74, 6) is 1.51. The average Bonchev–Trinajstić information content (AvgIpc) is 3.08. The minimum atomic E-state index is -2.89. The van der Waals surface area contributed by atoms with Crippen LogP contribution in [-0.4, -0.2) is 63.3 Å². The minimum absolute atomic E-state index is 0.0470. The monoisotopic (exact) mass is 416 g/mol. The lowest BCUT2D eigenvalue weighted by atomic mass is 10.1. The number of carbonyl (C=O) groups excluding carboxylic acids is 1. The van der Waals surface area contributed by atoms with Gasteiger partial charge in [-0.3, -0.25) is 9.48 Å². The van der Waals surface area contributed by atoms with Crippen LogP contribution in [0.2, 0.25) is 0 Å².